The predicted molar refractivity (Wildman–Crippen MR) is 111 cm³/mol. The lowest BCUT2D eigenvalue weighted by molar-refractivity contribution is -0.125. The number of ether oxygens (including phenoxy) is 1. The summed E-state index contributed by atoms with van der Waals surface area (Å²) in [7, 11) is 0. The summed E-state index contributed by atoms with van der Waals surface area (Å²) in [6.07, 6.45) is -0.802. The summed E-state index contributed by atoms with van der Waals surface area (Å²) >= 11 is 18.5. The van der Waals surface area contributed by atoms with Crippen molar-refractivity contribution in [3.63, 3.8) is 0 Å². The van der Waals surface area contributed by atoms with Crippen molar-refractivity contribution in [3.8, 4) is 5.75 Å². The molecule has 0 bridgehead atoms. The van der Waals surface area contributed by atoms with Gasteiger partial charge in [-0.3, -0.25) is 10.1 Å². The maximum atomic E-state index is 12.2. The minimum absolute atomic E-state index is 0.145. The molecule has 0 fully saturated rings. The van der Waals surface area contributed by atoms with Gasteiger partial charge in [0.2, 0.25) is 0 Å². The predicted octanol–water partition coefficient (Wildman–Crippen LogP) is 4.88. The molecule has 0 aliphatic heterocycles. The highest BCUT2D eigenvalue weighted by Crippen LogP contribution is 2.28. The Morgan fingerprint density at radius 3 is 2.77 bits per heavy atom. The molecule has 2 aromatic carbocycles. The summed E-state index contributed by atoms with van der Waals surface area (Å²) in [6, 6.07) is 12.5. The van der Waals surface area contributed by atoms with Gasteiger partial charge in [-0.1, -0.05) is 46.7 Å². The smallest absolute Gasteiger partial charge is 0.266 e. The van der Waals surface area contributed by atoms with Gasteiger partial charge in [0.05, 0.1) is 15.2 Å². The summed E-state index contributed by atoms with van der Waals surface area (Å²) in [5, 5.41) is 7.05. The minimum atomic E-state index is -0.802. The Labute approximate surface area is 169 Å². The van der Waals surface area contributed by atoms with E-state index < -0.39 is 12.0 Å². The molecule has 0 aliphatic rings. The molecular weight excluding hydrogens is 413 g/mol. The first-order valence-electron chi connectivity index (χ1n) is 7.51. The molecule has 0 spiro atoms. The number of aromatic nitrogens is 1. The topological polar surface area (TPSA) is 63.2 Å². The van der Waals surface area contributed by atoms with Crippen molar-refractivity contribution in [1.29, 1.82) is 0 Å². The molecule has 5 nitrogen and oxygen atoms in total. The van der Waals surface area contributed by atoms with E-state index in [0.717, 1.165) is 10.2 Å². The number of thiazole rings is 1. The van der Waals surface area contributed by atoms with Crippen molar-refractivity contribution in [3.05, 3.63) is 52.5 Å². The largest absolute Gasteiger partial charge is 0.479 e. The van der Waals surface area contributed by atoms with E-state index in [9.17, 15) is 4.79 Å². The van der Waals surface area contributed by atoms with Crippen molar-refractivity contribution in [1.82, 2.24) is 10.3 Å². The van der Waals surface area contributed by atoms with Crippen LogP contribution in [0, 0.1) is 0 Å². The Morgan fingerprint density at radius 1 is 1.27 bits per heavy atom. The van der Waals surface area contributed by atoms with Crippen LogP contribution < -0.4 is 15.4 Å². The second-order valence-corrected chi connectivity index (χ2v) is 7.55. The molecule has 0 saturated carbocycles. The highest BCUT2D eigenvalue weighted by molar-refractivity contribution is 7.80. The normalized spacial score (nSPS) is 11.8. The van der Waals surface area contributed by atoms with Crippen LogP contribution in [-0.4, -0.2) is 22.1 Å². The number of thiocarbonyl (C=S) groups is 1. The minimum Gasteiger partial charge on any atom is -0.479 e. The molecule has 3 aromatic rings. The summed E-state index contributed by atoms with van der Waals surface area (Å²) in [4.78, 5) is 16.6. The number of hydrogen-bond acceptors (Lipinski definition) is 5. The summed E-state index contributed by atoms with van der Waals surface area (Å²) in [5.74, 6) is -0.0432. The fraction of sp³-hybridized carbons (Fsp3) is 0.118. The SMILES string of the molecule is CC(Oc1ccc(Cl)cc1Cl)C(=O)NC(=S)Nc1nc2ccccc2s1. The summed E-state index contributed by atoms with van der Waals surface area (Å²) in [6.45, 7) is 1.60. The maximum Gasteiger partial charge on any atom is 0.266 e. The number of carbonyl (C=O) groups is 1. The molecule has 1 atom stereocenters. The van der Waals surface area contributed by atoms with Crippen LogP contribution in [0.2, 0.25) is 10.0 Å². The number of amides is 1. The van der Waals surface area contributed by atoms with E-state index in [4.69, 9.17) is 40.2 Å². The second-order valence-electron chi connectivity index (χ2n) is 5.26. The fourth-order valence-electron chi connectivity index (χ4n) is 2.08. The van der Waals surface area contributed by atoms with Crippen LogP contribution in [0.15, 0.2) is 42.5 Å². The van der Waals surface area contributed by atoms with Gasteiger partial charge in [-0.2, -0.15) is 0 Å². The first-order chi connectivity index (χ1) is 12.4. The average Bonchev–Trinajstić information content (AvgIpc) is 2.99. The number of carbonyl (C=O) groups excluding carboxylic acids is 1. The molecule has 0 radical (unpaired) electrons. The molecule has 1 amide bonds. The van der Waals surface area contributed by atoms with Gasteiger partial charge in [0.1, 0.15) is 5.75 Å². The zero-order valence-corrected chi connectivity index (χ0v) is 16.6. The molecule has 0 saturated heterocycles. The van der Waals surface area contributed by atoms with Gasteiger partial charge in [0.15, 0.2) is 16.3 Å². The van der Waals surface area contributed by atoms with Gasteiger partial charge in [0, 0.05) is 5.02 Å². The number of halogens is 2. The van der Waals surface area contributed by atoms with Crippen LogP contribution in [0.4, 0.5) is 5.13 Å². The zero-order chi connectivity index (χ0) is 18.7. The second kappa shape index (κ2) is 8.18. The number of rotatable bonds is 4. The number of anilines is 1. The highest BCUT2D eigenvalue weighted by atomic mass is 35.5. The third kappa shape index (κ3) is 4.62. The zero-order valence-electron chi connectivity index (χ0n) is 13.5. The number of nitrogens with zero attached hydrogens (tertiary/aromatic N) is 1. The number of fused-ring (bicyclic) bond motifs is 1. The van der Waals surface area contributed by atoms with Gasteiger partial charge < -0.3 is 10.1 Å². The lowest BCUT2D eigenvalue weighted by atomic mass is 10.3. The Hall–Kier alpha value is -1.93. The van der Waals surface area contributed by atoms with Crippen LogP contribution in [0.5, 0.6) is 5.75 Å². The van der Waals surface area contributed by atoms with Crippen molar-refractivity contribution >= 4 is 73.1 Å². The molecule has 2 N–H and O–H groups in total. The average molecular weight is 426 g/mol. The Kier molecular flexibility index (Phi) is 5.93. The van der Waals surface area contributed by atoms with Gasteiger partial charge in [0.25, 0.3) is 5.91 Å². The van der Waals surface area contributed by atoms with Crippen LogP contribution in [0.1, 0.15) is 6.92 Å². The first-order valence-corrected chi connectivity index (χ1v) is 9.49. The number of para-hydroxylation sites is 1. The highest BCUT2D eigenvalue weighted by Gasteiger charge is 2.18. The third-order valence-corrected chi connectivity index (χ3v) is 5.00. The third-order valence-electron chi connectivity index (χ3n) is 3.32. The standard InChI is InChI=1S/C17H13Cl2N3O2S2/c1-9(24-13-7-6-10(18)8-11(13)19)15(23)21-16(25)22-17-20-12-4-2-3-5-14(12)26-17/h2-9H,1H3,(H2,20,21,22,23,25). The molecule has 1 unspecified atom stereocenters. The molecule has 3 rings (SSSR count). The lowest BCUT2D eigenvalue weighted by Gasteiger charge is -2.16. The van der Waals surface area contributed by atoms with Gasteiger partial charge in [-0.15, -0.1) is 0 Å². The van der Waals surface area contributed by atoms with Gasteiger partial charge in [-0.05, 0) is 49.5 Å². The molecule has 9 heteroatoms. The van der Waals surface area contributed by atoms with Crippen LogP contribution >= 0.6 is 46.8 Å². The van der Waals surface area contributed by atoms with E-state index in [1.807, 2.05) is 24.3 Å². The van der Waals surface area contributed by atoms with E-state index in [2.05, 4.69) is 15.6 Å². The van der Waals surface area contributed by atoms with Crippen molar-refractivity contribution in [2.75, 3.05) is 5.32 Å². The van der Waals surface area contributed by atoms with E-state index >= 15 is 0 Å². The van der Waals surface area contributed by atoms with Crippen molar-refractivity contribution in [2.24, 2.45) is 0 Å². The number of nitrogens with one attached hydrogen (secondary N) is 2. The van der Waals surface area contributed by atoms with Crippen molar-refractivity contribution < 1.29 is 9.53 Å². The summed E-state index contributed by atoms with van der Waals surface area (Å²) in [5.41, 5.74) is 0.864. The van der Waals surface area contributed by atoms with E-state index in [0.29, 0.717) is 20.9 Å². The van der Waals surface area contributed by atoms with Crippen LogP contribution in [0.25, 0.3) is 10.2 Å². The molecule has 0 aliphatic carbocycles. The van der Waals surface area contributed by atoms with Crippen LogP contribution in [-0.2, 0) is 4.79 Å². The van der Waals surface area contributed by atoms with E-state index in [-0.39, 0.29) is 5.11 Å². The fourth-order valence-corrected chi connectivity index (χ4v) is 3.67. The molecular formula is C17H13Cl2N3O2S2. The summed E-state index contributed by atoms with van der Waals surface area (Å²) < 4.78 is 6.58. The first kappa shape index (κ1) is 18.8. The molecule has 134 valence electrons. The molecule has 1 heterocycles. The van der Waals surface area contributed by atoms with Crippen molar-refractivity contribution in [2.45, 2.75) is 13.0 Å². The Bertz CT molecular complexity index is 945. The Morgan fingerprint density at radius 2 is 2.04 bits per heavy atom. The lowest BCUT2D eigenvalue weighted by Crippen LogP contribution is -2.42. The van der Waals surface area contributed by atoms with Crippen LogP contribution in [0.3, 0.4) is 0 Å². The number of benzene rings is 2. The number of hydrogen-bond donors (Lipinski definition) is 2. The van der Waals surface area contributed by atoms with E-state index in [1.165, 1.54) is 11.3 Å². The van der Waals surface area contributed by atoms with E-state index in [1.54, 1.807) is 25.1 Å². The quantitative estimate of drug-likeness (QED) is 0.582. The monoisotopic (exact) mass is 425 g/mol. The molecule has 26 heavy (non-hydrogen) atoms. The Balaban J connectivity index is 1.58. The van der Waals surface area contributed by atoms with Gasteiger partial charge >= 0.3 is 0 Å². The maximum absolute atomic E-state index is 12.2. The molecule has 1 aromatic heterocycles. The van der Waals surface area contributed by atoms with Gasteiger partial charge in [-0.25, -0.2) is 4.98 Å².